The normalized spacial score (nSPS) is 16.4. The number of hydrogen-bond donors (Lipinski definition) is 2. The highest BCUT2D eigenvalue weighted by Crippen LogP contribution is 2.30. The second-order valence-corrected chi connectivity index (χ2v) is 12.7. The minimum atomic E-state index is -4.21. The number of likely N-dealkylation sites (tertiary alicyclic amines) is 1. The van der Waals surface area contributed by atoms with Crippen LogP contribution in [-0.2, 0) is 27.7 Å². The Morgan fingerprint density at radius 2 is 1.57 bits per heavy atom. The minimum Gasteiger partial charge on any atom is -0.389 e. The maximum absolute atomic E-state index is 13.6. The molecule has 196 valence electrons. The molecule has 3 aromatic rings. The van der Waals surface area contributed by atoms with Gasteiger partial charge in [0.2, 0.25) is 15.9 Å². The summed E-state index contributed by atoms with van der Waals surface area (Å²) < 4.78 is 30.1. The summed E-state index contributed by atoms with van der Waals surface area (Å²) in [7, 11) is -4.21. The molecule has 1 saturated heterocycles. The summed E-state index contributed by atoms with van der Waals surface area (Å²) in [4.78, 5) is 15.0. The van der Waals surface area contributed by atoms with Crippen molar-refractivity contribution in [1.82, 2.24) is 9.62 Å². The van der Waals surface area contributed by atoms with E-state index in [1.165, 1.54) is 12.1 Å². The van der Waals surface area contributed by atoms with Crippen molar-refractivity contribution in [2.45, 2.75) is 42.2 Å². The third-order valence-electron chi connectivity index (χ3n) is 6.49. The molecular formula is C27H27BrCl2N2O4S. The van der Waals surface area contributed by atoms with Gasteiger partial charge in [0.15, 0.2) is 0 Å². The van der Waals surface area contributed by atoms with Crippen molar-refractivity contribution < 1.29 is 18.3 Å². The predicted octanol–water partition coefficient (Wildman–Crippen LogP) is 5.24. The van der Waals surface area contributed by atoms with Gasteiger partial charge in [-0.1, -0.05) is 87.7 Å². The van der Waals surface area contributed by atoms with Crippen LogP contribution in [0.1, 0.15) is 24.0 Å². The van der Waals surface area contributed by atoms with Crippen molar-refractivity contribution in [3.63, 3.8) is 0 Å². The summed E-state index contributed by atoms with van der Waals surface area (Å²) in [5.74, 6) is -0.361. The minimum absolute atomic E-state index is 0.0264. The lowest BCUT2D eigenvalue weighted by Gasteiger charge is -2.39. The van der Waals surface area contributed by atoms with E-state index < -0.39 is 21.7 Å². The molecule has 1 fully saturated rings. The Morgan fingerprint density at radius 3 is 2.19 bits per heavy atom. The van der Waals surface area contributed by atoms with Gasteiger partial charge < -0.3 is 10.0 Å². The lowest BCUT2D eigenvalue weighted by atomic mass is 9.85. The van der Waals surface area contributed by atoms with Gasteiger partial charge in [0.1, 0.15) is 10.9 Å². The number of carbonyl (C=O) groups is 1. The molecule has 2 N–H and O–H groups in total. The molecule has 1 unspecified atom stereocenters. The van der Waals surface area contributed by atoms with Gasteiger partial charge in [0.05, 0.1) is 15.6 Å². The van der Waals surface area contributed by atoms with E-state index in [1.54, 1.807) is 11.0 Å². The topological polar surface area (TPSA) is 86.7 Å². The summed E-state index contributed by atoms with van der Waals surface area (Å²) >= 11 is 15.8. The van der Waals surface area contributed by atoms with Crippen LogP contribution in [-0.4, -0.2) is 49.1 Å². The number of halogens is 3. The number of nitrogens with zero attached hydrogens (tertiary/aromatic N) is 1. The zero-order valence-electron chi connectivity index (χ0n) is 19.9. The van der Waals surface area contributed by atoms with Crippen LogP contribution in [0.25, 0.3) is 0 Å². The van der Waals surface area contributed by atoms with E-state index in [4.69, 9.17) is 23.2 Å². The van der Waals surface area contributed by atoms with Crippen molar-refractivity contribution in [3.8, 4) is 0 Å². The Hall–Kier alpha value is -1.94. The Morgan fingerprint density at radius 1 is 0.973 bits per heavy atom. The number of hydrogen-bond acceptors (Lipinski definition) is 4. The lowest BCUT2D eigenvalue weighted by Crippen LogP contribution is -2.54. The molecule has 0 radical (unpaired) electrons. The molecule has 1 atom stereocenters. The van der Waals surface area contributed by atoms with Crippen LogP contribution in [0, 0.1) is 0 Å². The molecule has 0 aromatic heterocycles. The average Bonchev–Trinajstić information content (AvgIpc) is 2.84. The molecule has 0 aliphatic carbocycles. The number of nitrogens with one attached hydrogen (secondary N) is 1. The molecule has 1 heterocycles. The van der Waals surface area contributed by atoms with E-state index in [-0.39, 0.29) is 27.3 Å². The van der Waals surface area contributed by atoms with Gasteiger partial charge >= 0.3 is 0 Å². The summed E-state index contributed by atoms with van der Waals surface area (Å²) in [6.45, 7) is 0.617. The SMILES string of the molecule is O=C(C(Cc1ccccc1)NS(=O)(=O)c1c(Cl)cccc1Cl)N1CCC(O)(Cc2cccc(Br)c2)CC1. The fourth-order valence-electron chi connectivity index (χ4n) is 4.58. The first-order valence-corrected chi connectivity index (χ1v) is 14.9. The van der Waals surface area contributed by atoms with Crippen molar-refractivity contribution in [3.05, 3.63) is 98.4 Å². The van der Waals surface area contributed by atoms with Gasteiger partial charge in [0, 0.05) is 24.0 Å². The molecule has 0 spiro atoms. The molecule has 3 aromatic carbocycles. The number of rotatable bonds is 8. The molecule has 37 heavy (non-hydrogen) atoms. The number of amides is 1. The van der Waals surface area contributed by atoms with E-state index in [9.17, 15) is 18.3 Å². The van der Waals surface area contributed by atoms with Crippen LogP contribution in [0.15, 0.2) is 82.2 Å². The maximum Gasteiger partial charge on any atom is 0.244 e. The highest BCUT2D eigenvalue weighted by Gasteiger charge is 2.37. The Bertz CT molecular complexity index is 1340. The van der Waals surface area contributed by atoms with E-state index in [2.05, 4.69) is 20.7 Å². The van der Waals surface area contributed by atoms with Crippen molar-refractivity contribution in [2.24, 2.45) is 0 Å². The molecule has 0 bridgehead atoms. The molecule has 0 saturated carbocycles. The van der Waals surface area contributed by atoms with E-state index in [1.807, 2.05) is 54.6 Å². The lowest BCUT2D eigenvalue weighted by molar-refractivity contribution is -0.137. The third kappa shape index (κ3) is 7.13. The van der Waals surface area contributed by atoms with E-state index in [0.717, 1.165) is 15.6 Å². The van der Waals surface area contributed by atoms with Gasteiger partial charge in [-0.25, -0.2) is 8.42 Å². The van der Waals surface area contributed by atoms with Gasteiger partial charge in [-0.3, -0.25) is 4.79 Å². The summed E-state index contributed by atoms with van der Waals surface area (Å²) in [5.41, 5.74) is 0.858. The summed E-state index contributed by atoms with van der Waals surface area (Å²) in [6.07, 6.45) is 1.39. The van der Waals surface area contributed by atoms with Gasteiger partial charge in [0.25, 0.3) is 0 Å². The van der Waals surface area contributed by atoms with Crippen LogP contribution >= 0.6 is 39.1 Å². The van der Waals surface area contributed by atoms with Crippen molar-refractivity contribution >= 4 is 55.1 Å². The Labute approximate surface area is 235 Å². The molecule has 4 rings (SSSR count). The largest absolute Gasteiger partial charge is 0.389 e. The highest BCUT2D eigenvalue weighted by molar-refractivity contribution is 9.10. The zero-order chi connectivity index (χ0) is 26.6. The predicted molar refractivity (Wildman–Crippen MR) is 149 cm³/mol. The fourth-order valence-corrected chi connectivity index (χ4v) is 7.36. The van der Waals surface area contributed by atoms with Crippen LogP contribution in [0.5, 0.6) is 0 Å². The van der Waals surface area contributed by atoms with Crippen LogP contribution in [0.2, 0.25) is 10.0 Å². The summed E-state index contributed by atoms with van der Waals surface area (Å²) in [6, 6.07) is 20.3. The quantitative estimate of drug-likeness (QED) is 0.358. The molecule has 10 heteroatoms. The van der Waals surface area contributed by atoms with E-state index in [0.29, 0.717) is 32.4 Å². The standard InChI is InChI=1S/C27H27BrCl2N2O4S/c28-21-9-4-8-20(16-21)18-27(34)12-14-32(15-13-27)26(33)24(17-19-6-2-1-3-7-19)31-37(35,36)25-22(29)10-5-11-23(25)30/h1-11,16,24,31,34H,12-15,17-18H2. The van der Waals surface area contributed by atoms with Crippen molar-refractivity contribution in [2.75, 3.05) is 13.1 Å². The van der Waals surface area contributed by atoms with E-state index >= 15 is 0 Å². The third-order valence-corrected chi connectivity index (χ3v) is 9.41. The fraction of sp³-hybridized carbons (Fsp3) is 0.296. The van der Waals surface area contributed by atoms with Gasteiger partial charge in [-0.15, -0.1) is 0 Å². The zero-order valence-corrected chi connectivity index (χ0v) is 23.8. The van der Waals surface area contributed by atoms with Gasteiger partial charge in [-0.2, -0.15) is 4.72 Å². The number of carbonyl (C=O) groups excluding carboxylic acids is 1. The molecule has 1 aliphatic rings. The van der Waals surface area contributed by atoms with Crippen molar-refractivity contribution in [1.29, 1.82) is 0 Å². The van der Waals surface area contributed by atoms with Crippen LogP contribution in [0.3, 0.4) is 0 Å². The maximum atomic E-state index is 13.6. The number of piperidine rings is 1. The average molecular weight is 626 g/mol. The Balaban J connectivity index is 1.52. The smallest absolute Gasteiger partial charge is 0.244 e. The van der Waals surface area contributed by atoms with Gasteiger partial charge in [-0.05, 0) is 54.7 Å². The molecular weight excluding hydrogens is 599 g/mol. The first-order chi connectivity index (χ1) is 17.6. The van der Waals surface area contributed by atoms with Crippen LogP contribution in [0.4, 0.5) is 0 Å². The number of benzene rings is 3. The molecule has 1 aliphatic heterocycles. The first kappa shape index (κ1) is 28.1. The second kappa shape index (κ2) is 11.8. The highest BCUT2D eigenvalue weighted by atomic mass is 79.9. The number of aliphatic hydroxyl groups is 1. The molecule has 1 amide bonds. The Kier molecular flexibility index (Phi) is 8.99. The van der Waals surface area contributed by atoms with Crippen LogP contribution < -0.4 is 4.72 Å². The monoisotopic (exact) mass is 624 g/mol. The first-order valence-electron chi connectivity index (χ1n) is 11.8. The second-order valence-electron chi connectivity index (χ2n) is 9.27. The summed E-state index contributed by atoms with van der Waals surface area (Å²) in [5, 5.41) is 11.1. The molecule has 6 nitrogen and oxygen atoms in total. The number of sulfonamides is 1.